The van der Waals surface area contributed by atoms with Crippen LogP contribution in [0.15, 0.2) is 59.5 Å². The number of hydrogen-bond acceptors (Lipinski definition) is 3. The van der Waals surface area contributed by atoms with Gasteiger partial charge in [-0.25, -0.2) is 0 Å². The van der Waals surface area contributed by atoms with Crippen molar-refractivity contribution in [3.8, 4) is 0 Å². The maximum atomic E-state index is 5.57. The van der Waals surface area contributed by atoms with Crippen LogP contribution in [0, 0.1) is 0 Å². The Morgan fingerprint density at radius 2 is 2.16 bits per heavy atom. The van der Waals surface area contributed by atoms with E-state index in [4.69, 9.17) is 4.42 Å². The standard InChI is InChI=1S/C16H16N2O/c1-2-18-16(15-7-4-10-19-15)13-6-3-5-12-8-9-17-11-14(12)13/h3-11,16,18H,2H2,1H3. The third-order valence-electron chi connectivity index (χ3n) is 3.26. The predicted octanol–water partition coefficient (Wildman–Crippen LogP) is 3.53. The minimum atomic E-state index is 0.0629. The first-order valence-corrected chi connectivity index (χ1v) is 6.49. The quantitative estimate of drug-likeness (QED) is 0.772. The molecule has 1 aromatic carbocycles. The minimum Gasteiger partial charge on any atom is -0.467 e. The predicted molar refractivity (Wildman–Crippen MR) is 76.0 cm³/mol. The van der Waals surface area contributed by atoms with Gasteiger partial charge in [-0.2, -0.15) is 0 Å². The molecule has 0 bridgehead atoms. The van der Waals surface area contributed by atoms with Crippen molar-refractivity contribution >= 4 is 10.8 Å². The monoisotopic (exact) mass is 252 g/mol. The van der Waals surface area contributed by atoms with Gasteiger partial charge in [-0.3, -0.25) is 4.98 Å². The molecule has 0 spiro atoms. The van der Waals surface area contributed by atoms with Gasteiger partial charge in [0, 0.05) is 17.8 Å². The molecule has 19 heavy (non-hydrogen) atoms. The third-order valence-corrected chi connectivity index (χ3v) is 3.26. The van der Waals surface area contributed by atoms with E-state index in [2.05, 4.69) is 35.4 Å². The van der Waals surface area contributed by atoms with E-state index in [1.54, 1.807) is 6.26 Å². The van der Waals surface area contributed by atoms with Gasteiger partial charge in [0.1, 0.15) is 5.76 Å². The number of furan rings is 1. The Labute approximate surface area is 112 Å². The number of nitrogens with zero attached hydrogens (tertiary/aromatic N) is 1. The summed E-state index contributed by atoms with van der Waals surface area (Å²) in [7, 11) is 0. The maximum absolute atomic E-state index is 5.57. The average Bonchev–Trinajstić information content (AvgIpc) is 2.98. The fraction of sp³-hybridized carbons (Fsp3) is 0.188. The SMILES string of the molecule is CCNC(c1ccco1)c1cccc2ccncc12. The number of rotatable bonds is 4. The van der Waals surface area contributed by atoms with E-state index >= 15 is 0 Å². The lowest BCUT2D eigenvalue weighted by Gasteiger charge is -2.17. The van der Waals surface area contributed by atoms with E-state index in [-0.39, 0.29) is 6.04 Å². The molecule has 0 aliphatic carbocycles. The molecule has 0 fully saturated rings. The molecule has 0 saturated carbocycles. The van der Waals surface area contributed by atoms with Crippen molar-refractivity contribution in [1.29, 1.82) is 0 Å². The molecule has 96 valence electrons. The second-order valence-electron chi connectivity index (χ2n) is 4.45. The van der Waals surface area contributed by atoms with E-state index in [0.717, 1.165) is 17.7 Å². The lowest BCUT2D eigenvalue weighted by Crippen LogP contribution is -2.21. The lowest BCUT2D eigenvalue weighted by atomic mass is 9.98. The molecule has 2 aromatic heterocycles. The van der Waals surface area contributed by atoms with Crippen LogP contribution in [0.4, 0.5) is 0 Å². The molecule has 3 aromatic rings. The molecule has 0 saturated heterocycles. The Balaban J connectivity index is 2.15. The summed E-state index contributed by atoms with van der Waals surface area (Å²) >= 11 is 0. The largest absolute Gasteiger partial charge is 0.467 e. The van der Waals surface area contributed by atoms with E-state index < -0.39 is 0 Å². The van der Waals surface area contributed by atoms with Crippen LogP contribution in [0.3, 0.4) is 0 Å². The third kappa shape index (κ3) is 2.25. The number of pyridine rings is 1. The summed E-state index contributed by atoms with van der Waals surface area (Å²) in [6.45, 7) is 2.97. The van der Waals surface area contributed by atoms with Crippen molar-refractivity contribution in [2.75, 3.05) is 6.54 Å². The minimum absolute atomic E-state index is 0.0629. The van der Waals surface area contributed by atoms with Gasteiger partial charge in [0.15, 0.2) is 0 Å². The maximum Gasteiger partial charge on any atom is 0.125 e. The zero-order chi connectivity index (χ0) is 13.1. The smallest absolute Gasteiger partial charge is 0.125 e. The van der Waals surface area contributed by atoms with Crippen molar-refractivity contribution in [2.24, 2.45) is 0 Å². The number of nitrogens with one attached hydrogen (secondary N) is 1. The van der Waals surface area contributed by atoms with E-state index in [1.165, 1.54) is 10.9 Å². The molecule has 1 N–H and O–H groups in total. The van der Waals surface area contributed by atoms with Crippen molar-refractivity contribution < 1.29 is 4.42 Å². The van der Waals surface area contributed by atoms with Crippen LogP contribution < -0.4 is 5.32 Å². The Morgan fingerprint density at radius 1 is 1.21 bits per heavy atom. The highest BCUT2D eigenvalue weighted by Crippen LogP contribution is 2.28. The number of hydrogen-bond donors (Lipinski definition) is 1. The normalized spacial score (nSPS) is 12.7. The lowest BCUT2D eigenvalue weighted by molar-refractivity contribution is 0.453. The second kappa shape index (κ2) is 5.24. The Hall–Kier alpha value is -2.13. The summed E-state index contributed by atoms with van der Waals surface area (Å²) in [5.41, 5.74) is 1.20. The fourth-order valence-electron chi connectivity index (χ4n) is 2.41. The summed E-state index contributed by atoms with van der Waals surface area (Å²) in [6.07, 6.45) is 5.45. The van der Waals surface area contributed by atoms with Gasteiger partial charge in [-0.1, -0.05) is 25.1 Å². The van der Waals surface area contributed by atoms with Crippen molar-refractivity contribution in [1.82, 2.24) is 10.3 Å². The second-order valence-corrected chi connectivity index (χ2v) is 4.45. The van der Waals surface area contributed by atoms with Gasteiger partial charge in [-0.15, -0.1) is 0 Å². The molecular formula is C16H16N2O. The molecule has 2 heterocycles. The zero-order valence-corrected chi connectivity index (χ0v) is 10.8. The summed E-state index contributed by atoms with van der Waals surface area (Å²) in [5, 5.41) is 5.83. The van der Waals surface area contributed by atoms with Gasteiger partial charge >= 0.3 is 0 Å². The van der Waals surface area contributed by atoms with Gasteiger partial charge in [0.05, 0.1) is 12.3 Å². The highest BCUT2D eigenvalue weighted by Gasteiger charge is 2.17. The molecular weight excluding hydrogens is 236 g/mol. The van der Waals surface area contributed by atoms with Gasteiger partial charge in [0.25, 0.3) is 0 Å². The number of aromatic nitrogens is 1. The number of benzene rings is 1. The molecule has 0 aliphatic rings. The van der Waals surface area contributed by atoms with Crippen molar-refractivity contribution in [3.63, 3.8) is 0 Å². The molecule has 0 aliphatic heterocycles. The first-order valence-electron chi connectivity index (χ1n) is 6.49. The summed E-state index contributed by atoms with van der Waals surface area (Å²) in [4.78, 5) is 4.24. The topological polar surface area (TPSA) is 38.1 Å². The van der Waals surface area contributed by atoms with Crippen molar-refractivity contribution in [2.45, 2.75) is 13.0 Å². The van der Waals surface area contributed by atoms with Gasteiger partial charge < -0.3 is 9.73 Å². The molecule has 3 rings (SSSR count). The van der Waals surface area contributed by atoms with Crippen LogP contribution in [0.25, 0.3) is 10.8 Å². The highest BCUT2D eigenvalue weighted by atomic mass is 16.3. The Kier molecular flexibility index (Phi) is 3.29. The molecule has 3 nitrogen and oxygen atoms in total. The van der Waals surface area contributed by atoms with Gasteiger partial charge in [0.2, 0.25) is 0 Å². The summed E-state index contributed by atoms with van der Waals surface area (Å²) in [5.74, 6) is 0.929. The van der Waals surface area contributed by atoms with Crippen LogP contribution in [0.2, 0.25) is 0 Å². The molecule has 3 heteroatoms. The Morgan fingerprint density at radius 3 is 2.95 bits per heavy atom. The fourth-order valence-corrected chi connectivity index (χ4v) is 2.41. The zero-order valence-electron chi connectivity index (χ0n) is 10.8. The first kappa shape index (κ1) is 11.9. The van der Waals surface area contributed by atoms with Crippen LogP contribution in [0.5, 0.6) is 0 Å². The molecule has 1 unspecified atom stereocenters. The summed E-state index contributed by atoms with van der Waals surface area (Å²) < 4.78 is 5.57. The van der Waals surface area contributed by atoms with Crippen molar-refractivity contribution in [3.05, 3.63) is 66.4 Å². The first-order chi connectivity index (χ1) is 9.40. The van der Waals surface area contributed by atoms with Crippen LogP contribution in [0.1, 0.15) is 24.3 Å². The average molecular weight is 252 g/mol. The van der Waals surface area contributed by atoms with E-state index in [9.17, 15) is 0 Å². The molecule has 0 radical (unpaired) electrons. The van der Waals surface area contributed by atoms with Gasteiger partial charge in [-0.05, 0) is 35.7 Å². The molecule has 0 amide bonds. The number of fused-ring (bicyclic) bond motifs is 1. The Bertz CT molecular complexity index is 656. The summed E-state index contributed by atoms with van der Waals surface area (Å²) in [6, 6.07) is 12.3. The highest BCUT2D eigenvalue weighted by molar-refractivity contribution is 5.85. The van der Waals surface area contributed by atoms with Crippen LogP contribution >= 0.6 is 0 Å². The van der Waals surface area contributed by atoms with E-state index in [1.807, 2.05) is 30.6 Å². The van der Waals surface area contributed by atoms with Crippen LogP contribution in [-0.2, 0) is 0 Å². The van der Waals surface area contributed by atoms with Crippen LogP contribution in [-0.4, -0.2) is 11.5 Å². The molecule has 1 atom stereocenters. The van der Waals surface area contributed by atoms with E-state index in [0.29, 0.717) is 0 Å².